The average Bonchev–Trinajstić information content (AvgIpc) is 3.28. The van der Waals surface area contributed by atoms with Gasteiger partial charge in [0.1, 0.15) is 17.2 Å². The van der Waals surface area contributed by atoms with E-state index in [1.807, 2.05) is 61.5 Å². The number of rotatable bonds is 9. The van der Waals surface area contributed by atoms with Crippen LogP contribution >= 0.6 is 0 Å². The van der Waals surface area contributed by atoms with Gasteiger partial charge in [-0.25, -0.2) is 0 Å². The number of nitriles is 1. The molecule has 1 aromatic heterocycles. The molecule has 3 aromatic rings. The summed E-state index contributed by atoms with van der Waals surface area (Å²) in [5.41, 5.74) is 1.79. The highest BCUT2D eigenvalue weighted by Crippen LogP contribution is 2.32. The number of nitrogens with one attached hydrogen (secondary N) is 2. The van der Waals surface area contributed by atoms with Crippen molar-refractivity contribution in [2.45, 2.75) is 26.3 Å². The van der Waals surface area contributed by atoms with Crippen LogP contribution in [0.4, 0.5) is 0 Å². The molecule has 2 aromatic carbocycles. The van der Waals surface area contributed by atoms with Crippen molar-refractivity contribution in [2.75, 3.05) is 13.6 Å². The third kappa shape index (κ3) is 5.64. The number of H-pyrrole nitrogens is 1. The van der Waals surface area contributed by atoms with E-state index in [9.17, 15) is 4.79 Å². The predicted octanol–water partition coefficient (Wildman–Crippen LogP) is 4.43. The van der Waals surface area contributed by atoms with Gasteiger partial charge in [0, 0.05) is 25.2 Å². The van der Waals surface area contributed by atoms with E-state index in [0.29, 0.717) is 23.7 Å². The van der Waals surface area contributed by atoms with Crippen molar-refractivity contribution in [3.63, 3.8) is 0 Å². The van der Waals surface area contributed by atoms with Gasteiger partial charge >= 0.3 is 0 Å². The molecule has 0 saturated heterocycles. The molecule has 0 spiro atoms. The normalized spacial score (nSPS) is 12.5. The molecule has 0 aliphatic rings. The monoisotopic (exact) mass is 417 g/mol. The molecule has 1 heterocycles. The van der Waals surface area contributed by atoms with E-state index < -0.39 is 0 Å². The molecule has 0 aliphatic heterocycles. The second-order valence-corrected chi connectivity index (χ2v) is 7.49. The fourth-order valence-corrected chi connectivity index (χ4v) is 3.39. The molecule has 0 radical (unpaired) electrons. The summed E-state index contributed by atoms with van der Waals surface area (Å²) >= 11 is 0. The van der Waals surface area contributed by atoms with Gasteiger partial charge in [0.25, 0.3) is 5.91 Å². The van der Waals surface area contributed by atoms with Crippen LogP contribution in [0.5, 0.6) is 11.5 Å². The van der Waals surface area contributed by atoms with Gasteiger partial charge in [0.15, 0.2) is 6.19 Å². The first-order valence-electron chi connectivity index (χ1n) is 10.3. The van der Waals surface area contributed by atoms with Crippen molar-refractivity contribution in [3.05, 3.63) is 66.4 Å². The lowest BCUT2D eigenvalue weighted by Crippen LogP contribution is -2.41. The van der Waals surface area contributed by atoms with Crippen molar-refractivity contribution in [2.24, 2.45) is 5.92 Å². The Balaban J connectivity index is 1.73. The topological polar surface area (TPSA) is 94.0 Å². The molecule has 160 valence electrons. The number of nitrogens with zero attached hydrogens (tertiary/aromatic N) is 3. The van der Waals surface area contributed by atoms with Crippen LogP contribution in [0, 0.1) is 17.4 Å². The Morgan fingerprint density at radius 2 is 1.94 bits per heavy atom. The van der Waals surface area contributed by atoms with E-state index in [-0.39, 0.29) is 17.9 Å². The molecule has 7 heteroatoms. The molecule has 3 rings (SSSR count). The van der Waals surface area contributed by atoms with E-state index >= 15 is 0 Å². The Morgan fingerprint density at radius 3 is 2.65 bits per heavy atom. The van der Waals surface area contributed by atoms with Crippen molar-refractivity contribution in [1.82, 2.24) is 20.4 Å². The maximum atomic E-state index is 12.8. The first-order valence-corrected chi connectivity index (χ1v) is 10.3. The molecule has 0 aliphatic carbocycles. The highest BCUT2D eigenvalue weighted by molar-refractivity contribution is 5.93. The molecular weight excluding hydrogens is 390 g/mol. The number of amides is 1. The van der Waals surface area contributed by atoms with Gasteiger partial charge in [0.2, 0.25) is 0 Å². The first kappa shape index (κ1) is 21.9. The van der Waals surface area contributed by atoms with Gasteiger partial charge in [-0.05, 0) is 49.6 Å². The highest BCUT2D eigenvalue weighted by Gasteiger charge is 2.21. The zero-order valence-corrected chi connectivity index (χ0v) is 18.0. The lowest BCUT2D eigenvalue weighted by Gasteiger charge is -2.25. The van der Waals surface area contributed by atoms with Gasteiger partial charge in [0.05, 0.1) is 5.69 Å². The third-order valence-electron chi connectivity index (χ3n) is 5.23. The number of aromatic amines is 1. The molecule has 2 unspecified atom stereocenters. The zero-order chi connectivity index (χ0) is 22.2. The minimum absolute atomic E-state index is 0.0891. The van der Waals surface area contributed by atoms with Gasteiger partial charge in [-0.15, -0.1) is 0 Å². The fourth-order valence-electron chi connectivity index (χ4n) is 3.39. The van der Waals surface area contributed by atoms with Crippen LogP contribution in [-0.2, 0) is 0 Å². The standard InChI is InChI=1S/C24H27N5O2/c1-4-18(15-29(3)16-25)17(2)26-24(30)22-14-21(27-28-22)20-12-8-9-13-23(20)31-19-10-6-5-7-11-19/h5-14,17-18H,4,15H2,1-3H3,(H,26,30)(H,27,28). The van der Waals surface area contributed by atoms with Crippen molar-refractivity contribution in [1.29, 1.82) is 5.26 Å². The molecular formula is C24H27N5O2. The predicted molar refractivity (Wildman–Crippen MR) is 119 cm³/mol. The smallest absolute Gasteiger partial charge is 0.269 e. The summed E-state index contributed by atoms with van der Waals surface area (Å²) in [6.07, 6.45) is 2.96. The Kier molecular flexibility index (Phi) is 7.28. The van der Waals surface area contributed by atoms with Gasteiger partial charge in [-0.1, -0.05) is 37.3 Å². The first-order chi connectivity index (χ1) is 15.0. The van der Waals surface area contributed by atoms with Crippen molar-refractivity contribution < 1.29 is 9.53 Å². The van der Waals surface area contributed by atoms with Gasteiger partial charge in [-0.3, -0.25) is 9.89 Å². The number of hydrogen-bond donors (Lipinski definition) is 2. The minimum atomic E-state index is -0.231. The lowest BCUT2D eigenvalue weighted by molar-refractivity contribution is 0.0917. The van der Waals surface area contributed by atoms with Crippen LogP contribution in [0.1, 0.15) is 30.8 Å². The summed E-state index contributed by atoms with van der Waals surface area (Å²) in [5, 5.41) is 19.2. The van der Waals surface area contributed by atoms with Gasteiger partial charge in [-0.2, -0.15) is 10.4 Å². The fraction of sp³-hybridized carbons (Fsp3) is 0.292. The largest absolute Gasteiger partial charge is 0.457 e. The zero-order valence-electron chi connectivity index (χ0n) is 18.0. The molecule has 2 atom stereocenters. The molecule has 1 amide bonds. The quantitative estimate of drug-likeness (QED) is 0.397. The number of aromatic nitrogens is 2. The average molecular weight is 418 g/mol. The number of para-hydroxylation sites is 2. The lowest BCUT2D eigenvalue weighted by atomic mass is 9.97. The number of hydrogen-bond acceptors (Lipinski definition) is 5. The molecule has 0 fully saturated rings. The summed E-state index contributed by atoms with van der Waals surface area (Å²) in [7, 11) is 1.74. The summed E-state index contributed by atoms with van der Waals surface area (Å²) in [5.74, 6) is 1.32. The molecule has 0 saturated carbocycles. The number of ether oxygens (including phenoxy) is 1. The molecule has 31 heavy (non-hydrogen) atoms. The van der Waals surface area contributed by atoms with Crippen LogP contribution in [0.2, 0.25) is 0 Å². The highest BCUT2D eigenvalue weighted by atomic mass is 16.5. The Morgan fingerprint density at radius 1 is 1.23 bits per heavy atom. The summed E-state index contributed by atoms with van der Waals surface area (Å²) < 4.78 is 6.01. The maximum Gasteiger partial charge on any atom is 0.269 e. The van der Waals surface area contributed by atoms with Crippen LogP contribution in [0.15, 0.2) is 60.7 Å². The Bertz CT molecular complexity index is 1040. The molecule has 7 nitrogen and oxygen atoms in total. The third-order valence-corrected chi connectivity index (χ3v) is 5.23. The van der Waals surface area contributed by atoms with Gasteiger partial charge < -0.3 is 15.0 Å². The SMILES string of the molecule is CCC(CN(C)C#N)C(C)NC(=O)c1cc(-c2ccccc2Oc2ccccc2)n[nH]1. The van der Waals surface area contributed by atoms with E-state index in [0.717, 1.165) is 17.7 Å². The Hall–Kier alpha value is -3.79. The second kappa shape index (κ2) is 10.3. The summed E-state index contributed by atoms with van der Waals surface area (Å²) in [6, 6.07) is 18.7. The second-order valence-electron chi connectivity index (χ2n) is 7.49. The van der Waals surface area contributed by atoms with Crippen molar-refractivity contribution in [3.8, 4) is 28.9 Å². The summed E-state index contributed by atoms with van der Waals surface area (Å²) in [4.78, 5) is 14.3. The van der Waals surface area contributed by atoms with Crippen LogP contribution in [-0.4, -0.2) is 40.6 Å². The molecule has 2 N–H and O–H groups in total. The maximum absolute atomic E-state index is 12.8. The van der Waals surface area contributed by atoms with E-state index in [1.165, 1.54) is 0 Å². The van der Waals surface area contributed by atoms with Crippen molar-refractivity contribution >= 4 is 5.91 Å². The number of benzene rings is 2. The number of carbonyl (C=O) groups excluding carboxylic acids is 1. The minimum Gasteiger partial charge on any atom is -0.457 e. The van der Waals surface area contributed by atoms with E-state index in [1.54, 1.807) is 18.0 Å². The number of carbonyl (C=O) groups is 1. The van der Waals surface area contributed by atoms with Crippen LogP contribution < -0.4 is 10.1 Å². The van der Waals surface area contributed by atoms with Crippen LogP contribution in [0.3, 0.4) is 0 Å². The van der Waals surface area contributed by atoms with E-state index in [2.05, 4.69) is 28.6 Å². The summed E-state index contributed by atoms with van der Waals surface area (Å²) in [6.45, 7) is 4.60. The molecule has 0 bridgehead atoms. The van der Waals surface area contributed by atoms with Crippen LogP contribution in [0.25, 0.3) is 11.3 Å². The van der Waals surface area contributed by atoms with E-state index in [4.69, 9.17) is 10.00 Å². The Labute approximate surface area is 182 Å².